The summed E-state index contributed by atoms with van der Waals surface area (Å²) in [5, 5.41) is 0. The summed E-state index contributed by atoms with van der Waals surface area (Å²) in [6.45, 7) is 0. The lowest BCUT2D eigenvalue weighted by Crippen LogP contribution is -2.13. The van der Waals surface area contributed by atoms with E-state index in [1.165, 1.54) is 0 Å². The summed E-state index contributed by atoms with van der Waals surface area (Å²) in [4.78, 5) is 14.6. The third-order valence-corrected chi connectivity index (χ3v) is 2.14. The molecule has 0 fully saturated rings. The van der Waals surface area contributed by atoms with E-state index in [4.69, 9.17) is 17.3 Å². The van der Waals surface area contributed by atoms with Gasteiger partial charge in [-0.15, -0.1) is 11.6 Å². The maximum Gasteiger partial charge on any atom is 0.340 e. The zero-order chi connectivity index (χ0) is 13.0. The number of carbonyl (C=O) groups excluding carboxylic acids is 1. The van der Waals surface area contributed by atoms with Gasteiger partial charge in [-0.2, -0.15) is 0 Å². The fourth-order valence-electron chi connectivity index (χ4n) is 1.08. The molecule has 0 radical (unpaired) electrons. The number of methoxy groups -OCH3 is 1. The fraction of sp³-hybridized carbons (Fsp3) is 0.200. The van der Waals surface area contributed by atoms with Crippen molar-refractivity contribution in [2.75, 3.05) is 13.0 Å². The van der Waals surface area contributed by atoms with E-state index in [9.17, 15) is 13.6 Å². The highest BCUT2D eigenvalue weighted by Crippen LogP contribution is 2.23. The molecule has 0 spiro atoms. The summed E-state index contributed by atoms with van der Waals surface area (Å²) in [6, 6.07) is 2.18. The number of rotatable bonds is 3. The molecule has 0 atom stereocenters. The number of ether oxygens (including phenoxy) is 1. The number of halogens is 3. The van der Waals surface area contributed by atoms with Crippen molar-refractivity contribution >= 4 is 29.1 Å². The maximum atomic E-state index is 13.5. The molecule has 0 aromatic heterocycles. The number of nitrogens with zero attached hydrogens (tertiary/aromatic N) is 1. The smallest absolute Gasteiger partial charge is 0.340 e. The Kier molecular flexibility index (Phi) is 4.39. The second-order valence-electron chi connectivity index (χ2n) is 2.99. The van der Waals surface area contributed by atoms with Crippen LogP contribution >= 0.6 is 11.6 Å². The van der Waals surface area contributed by atoms with E-state index in [-0.39, 0.29) is 17.4 Å². The molecule has 92 valence electrons. The second-order valence-corrected chi connectivity index (χ2v) is 3.26. The van der Waals surface area contributed by atoms with Crippen LogP contribution in [0.2, 0.25) is 0 Å². The van der Waals surface area contributed by atoms with Gasteiger partial charge >= 0.3 is 5.97 Å². The zero-order valence-electron chi connectivity index (χ0n) is 8.84. The Hall–Kier alpha value is -1.69. The van der Waals surface area contributed by atoms with Crippen molar-refractivity contribution < 1.29 is 18.3 Å². The molecule has 1 aromatic carbocycles. The number of hydrogen-bond donors (Lipinski definition) is 1. The summed E-state index contributed by atoms with van der Waals surface area (Å²) in [5.41, 5.74) is 4.45. The van der Waals surface area contributed by atoms with Gasteiger partial charge in [-0.3, -0.25) is 0 Å². The molecule has 0 aliphatic rings. The van der Waals surface area contributed by atoms with E-state index in [0.717, 1.165) is 19.2 Å². The summed E-state index contributed by atoms with van der Waals surface area (Å²) in [7, 11) is 1.07. The standard InChI is InChI=1S/C10H9ClF2N2O2/c1-17-10(16)5-2-3-6(9(13)8(5)12)15-7(14)4-11/h2-3H,4H2,1H3,(H2,14,15). The lowest BCUT2D eigenvalue weighted by atomic mass is 10.2. The molecule has 17 heavy (non-hydrogen) atoms. The summed E-state index contributed by atoms with van der Waals surface area (Å²) in [6.07, 6.45) is 0. The topological polar surface area (TPSA) is 64.7 Å². The molecule has 0 heterocycles. The SMILES string of the molecule is COC(=O)c1ccc(N=C(N)CCl)c(F)c1F. The predicted molar refractivity (Wildman–Crippen MR) is 59.7 cm³/mol. The van der Waals surface area contributed by atoms with Crippen LogP contribution in [-0.2, 0) is 4.74 Å². The van der Waals surface area contributed by atoms with E-state index < -0.39 is 23.2 Å². The van der Waals surface area contributed by atoms with Gasteiger partial charge in [0, 0.05) is 0 Å². The Morgan fingerprint density at radius 1 is 1.47 bits per heavy atom. The lowest BCUT2D eigenvalue weighted by Gasteiger charge is -2.04. The molecule has 0 saturated heterocycles. The minimum absolute atomic E-state index is 0.0595. The molecule has 0 bridgehead atoms. The third kappa shape index (κ3) is 2.91. The van der Waals surface area contributed by atoms with Crippen LogP contribution in [-0.4, -0.2) is 24.8 Å². The van der Waals surface area contributed by atoms with Gasteiger partial charge in [0.25, 0.3) is 0 Å². The van der Waals surface area contributed by atoms with Crippen molar-refractivity contribution in [3.8, 4) is 0 Å². The van der Waals surface area contributed by atoms with E-state index >= 15 is 0 Å². The van der Waals surface area contributed by atoms with Gasteiger partial charge in [0.1, 0.15) is 11.5 Å². The highest BCUT2D eigenvalue weighted by atomic mass is 35.5. The largest absolute Gasteiger partial charge is 0.465 e. The molecule has 7 heteroatoms. The number of carbonyl (C=O) groups is 1. The van der Waals surface area contributed by atoms with Gasteiger partial charge in [0.05, 0.1) is 18.6 Å². The molecule has 0 saturated carbocycles. The van der Waals surface area contributed by atoms with E-state index in [1.54, 1.807) is 0 Å². The van der Waals surface area contributed by atoms with Crippen LogP contribution in [0.4, 0.5) is 14.5 Å². The monoisotopic (exact) mass is 262 g/mol. The van der Waals surface area contributed by atoms with Crippen LogP contribution < -0.4 is 5.73 Å². The highest BCUT2D eigenvalue weighted by molar-refractivity contribution is 6.28. The number of aliphatic imine (C=N–C) groups is 1. The van der Waals surface area contributed by atoms with Gasteiger partial charge in [-0.25, -0.2) is 18.6 Å². The zero-order valence-corrected chi connectivity index (χ0v) is 9.59. The molecule has 0 aliphatic carbocycles. The second kappa shape index (κ2) is 5.58. The summed E-state index contributed by atoms with van der Waals surface area (Å²) in [5.74, 6) is -3.75. The molecule has 1 aromatic rings. The summed E-state index contributed by atoms with van der Waals surface area (Å²) >= 11 is 5.35. The van der Waals surface area contributed by atoms with Crippen molar-refractivity contribution in [2.24, 2.45) is 10.7 Å². The fourth-order valence-corrected chi connectivity index (χ4v) is 1.14. The average molecular weight is 263 g/mol. The Morgan fingerprint density at radius 2 is 2.12 bits per heavy atom. The molecular formula is C10H9ClF2N2O2. The van der Waals surface area contributed by atoms with Crippen LogP contribution in [0, 0.1) is 11.6 Å². The first-order valence-corrected chi connectivity index (χ1v) is 5.00. The number of amidine groups is 1. The minimum Gasteiger partial charge on any atom is -0.465 e. The number of hydrogen-bond acceptors (Lipinski definition) is 3. The molecule has 1 rings (SSSR count). The third-order valence-electron chi connectivity index (χ3n) is 1.87. The molecule has 2 N–H and O–H groups in total. The van der Waals surface area contributed by atoms with Gasteiger partial charge in [-0.1, -0.05) is 0 Å². The van der Waals surface area contributed by atoms with Crippen molar-refractivity contribution in [1.29, 1.82) is 0 Å². The van der Waals surface area contributed by atoms with Crippen LogP contribution in [0.1, 0.15) is 10.4 Å². The number of alkyl halides is 1. The first-order chi connectivity index (χ1) is 8.01. The van der Waals surface area contributed by atoms with E-state index in [0.29, 0.717) is 0 Å². The number of nitrogens with two attached hydrogens (primary N) is 1. The van der Waals surface area contributed by atoms with Crippen LogP contribution in [0.15, 0.2) is 17.1 Å². The van der Waals surface area contributed by atoms with Crippen LogP contribution in [0.3, 0.4) is 0 Å². The highest BCUT2D eigenvalue weighted by Gasteiger charge is 2.18. The molecule has 0 unspecified atom stereocenters. The first kappa shape index (κ1) is 13.4. The lowest BCUT2D eigenvalue weighted by molar-refractivity contribution is 0.0594. The Labute approximate surface area is 101 Å². The van der Waals surface area contributed by atoms with Crippen molar-refractivity contribution in [1.82, 2.24) is 0 Å². The van der Waals surface area contributed by atoms with Crippen LogP contribution in [0.25, 0.3) is 0 Å². The van der Waals surface area contributed by atoms with Crippen LogP contribution in [0.5, 0.6) is 0 Å². The van der Waals surface area contributed by atoms with E-state index in [2.05, 4.69) is 9.73 Å². The molecule has 4 nitrogen and oxygen atoms in total. The van der Waals surface area contributed by atoms with Gasteiger partial charge in [0.15, 0.2) is 11.6 Å². The van der Waals surface area contributed by atoms with Gasteiger partial charge in [0.2, 0.25) is 0 Å². The first-order valence-electron chi connectivity index (χ1n) is 4.46. The van der Waals surface area contributed by atoms with Crippen molar-refractivity contribution in [3.63, 3.8) is 0 Å². The molecular weight excluding hydrogens is 254 g/mol. The van der Waals surface area contributed by atoms with Crippen molar-refractivity contribution in [2.45, 2.75) is 0 Å². The predicted octanol–water partition coefficient (Wildman–Crippen LogP) is 1.98. The maximum absolute atomic E-state index is 13.5. The quantitative estimate of drug-likeness (QED) is 0.392. The summed E-state index contributed by atoms with van der Waals surface area (Å²) < 4.78 is 31.2. The van der Waals surface area contributed by atoms with Gasteiger partial charge < -0.3 is 10.5 Å². The Morgan fingerprint density at radius 3 is 2.65 bits per heavy atom. The minimum atomic E-state index is -1.33. The normalized spacial score (nSPS) is 11.4. The molecule has 0 aliphatic heterocycles. The Balaban J connectivity index is 3.24. The van der Waals surface area contributed by atoms with E-state index in [1.807, 2.05) is 0 Å². The van der Waals surface area contributed by atoms with Crippen molar-refractivity contribution in [3.05, 3.63) is 29.3 Å². The Bertz CT molecular complexity index is 478. The number of benzene rings is 1. The average Bonchev–Trinajstić information content (AvgIpc) is 2.34. The molecule has 0 amide bonds. The van der Waals surface area contributed by atoms with Gasteiger partial charge in [-0.05, 0) is 12.1 Å². The number of esters is 1.